The first-order valence-electron chi connectivity index (χ1n) is 12.2. The van der Waals surface area contributed by atoms with Gasteiger partial charge >= 0.3 is 0 Å². The lowest BCUT2D eigenvalue weighted by atomic mass is 10.1. The summed E-state index contributed by atoms with van der Waals surface area (Å²) in [6.07, 6.45) is 1.68. The van der Waals surface area contributed by atoms with Gasteiger partial charge in [-0.1, -0.05) is 5.16 Å². The van der Waals surface area contributed by atoms with Crippen molar-refractivity contribution in [2.45, 2.75) is 25.7 Å². The van der Waals surface area contributed by atoms with Crippen molar-refractivity contribution in [2.24, 2.45) is 0 Å². The number of methoxy groups -OCH3 is 1. The second-order valence-corrected chi connectivity index (χ2v) is 8.75. The van der Waals surface area contributed by atoms with E-state index in [-0.39, 0.29) is 12.4 Å². The number of rotatable bonds is 14. The summed E-state index contributed by atoms with van der Waals surface area (Å²) in [6.45, 7) is 5.24. The topological polar surface area (TPSA) is 93.6 Å². The van der Waals surface area contributed by atoms with Crippen LogP contribution in [0.3, 0.4) is 0 Å². The normalized spacial score (nSPS) is 15.1. The van der Waals surface area contributed by atoms with Gasteiger partial charge in [0, 0.05) is 52.0 Å². The number of hydrogen-bond acceptors (Lipinski definition) is 9. The van der Waals surface area contributed by atoms with Crippen LogP contribution in [0.2, 0.25) is 0 Å². The summed E-state index contributed by atoms with van der Waals surface area (Å²) in [6, 6.07) is 9.87. The van der Waals surface area contributed by atoms with Crippen molar-refractivity contribution in [3.63, 3.8) is 0 Å². The van der Waals surface area contributed by atoms with Crippen molar-refractivity contribution in [3.05, 3.63) is 59.8 Å². The summed E-state index contributed by atoms with van der Waals surface area (Å²) in [5.74, 6) is 1.08. The quantitative estimate of drug-likeness (QED) is 0.333. The molecule has 10 heteroatoms. The molecule has 1 N–H and O–H groups in total. The summed E-state index contributed by atoms with van der Waals surface area (Å²) in [5.41, 5.74) is 2.33. The van der Waals surface area contributed by atoms with Crippen LogP contribution in [0.5, 0.6) is 0 Å². The van der Waals surface area contributed by atoms with E-state index < -0.39 is 6.10 Å². The predicted molar refractivity (Wildman–Crippen MR) is 131 cm³/mol. The minimum Gasteiger partial charge on any atom is -0.467 e. The van der Waals surface area contributed by atoms with Crippen molar-refractivity contribution in [2.75, 3.05) is 64.6 Å². The Morgan fingerprint density at radius 2 is 2.00 bits per heavy atom. The molecular weight excluding hydrogens is 469 g/mol. The van der Waals surface area contributed by atoms with Gasteiger partial charge in [-0.2, -0.15) is 0 Å². The molecule has 0 bridgehead atoms. The zero-order valence-corrected chi connectivity index (χ0v) is 20.6. The summed E-state index contributed by atoms with van der Waals surface area (Å²) in [4.78, 5) is 4.26. The molecule has 4 rings (SSSR count). The van der Waals surface area contributed by atoms with Gasteiger partial charge in [0.25, 0.3) is 0 Å². The van der Waals surface area contributed by atoms with Crippen LogP contribution in [0.1, 0.15) is 17.7 Å². The maximum Gasteiger partial charge on any atom is 0.232 e. The molecule has 1 aliphatic rings. The molecule has 3 heterocycles. The molecule has 196 valence electrons. The van der Waals surface area contributed by atoms with E-state index in [1.807, 2.05) is 6.07 Å². The highest BCUT2D eigenvalue weighted by molar-refractivity contribution is 5.68. The van der Waals surface area contributed by atoms with Crippen LogP contribution in [0.15, 0.2) is 51.6 Å². The second-order valence-electron chi connectivity index (χ2n) is 8.75. The molecule has 0 radical (unpaired) electrons. The molecule has 1 unspecified atom stereocenters. The van der Waals surface area contributed by atoms with Gasteiger partial charge < -0.3 is 33.2 Å². The largest absolute Gasteiger partial charge is 0.467 e. The van der Waals surface area contributed by atoms with Crippen LogP contribution in [-0.2, 0) is 27.4 Å². The van der Waals surface area contributed by atoms with Gasteiger partial charge in [-0.15, -0.1) is 0 Å². The zero-order chi connectivity index (χ0) is 25.2. The maximum absolute atomic E-state index is 13.6. The van der Waals surface area contributed by atoms with E-state index in [2.05, 4.69) is 15.0 Å². The van der Waals surface area contributed by atoms with Gasteiger partial charge in [0.15, 0.2) is 0 Å². The molecule has 1 atom stereocenters. The van der Waals surface area contributed by atoms with E-state index in [0.717, 1.165) is 17.5 Å². The maximum atomic E-state index is 13.6. The highest BCUT2D eigenvalue weighted by Gasteiger charge is 2.26. The van der Waals surface area contributed by atoms with Crippen molar-refractivity contribution in [1.82, 2.24) is 10.1 Å². The van der Waals surface area contributed by atoms with Gasteiger partial charge in [-0.25, -0.2) is 4.39 Å². The van der Waals surface area contributed by atoms with Crippen LogP contribution in [-0.4, -0.2) is 81.0 Å². The molecule has 2 aromatic heterocycles. The number of aliphatic hydroxyl groups is 1. The first-order chi connectivity index (χ1) is 17.6. The summed E-state index contributed by atoms with van der Waals surface area (Å²) in [7, 11) is 1.67. The monoisotopic (exact) mass is 503 g/mol. The van der Waals surface area contributed by atoms with E-state index in [0.29, 0.717) is 76.5 Å². The Labute approximate surface area is 210 Å². The Hall–Kier alpha value is -2.76. The second kappa shape index (κ2) is 13.5. The first kappa shape index (κ1) is 26.3. The number of halogens is 1. The zero-order valence-electron chi connectivity index (χ0n) is 20.6. The fourth-order valence-corrected chi connectivity index (χ4v) is 4.22. The van der Waals surface area contributed by atoms with Gasteiger partial charge in [0.05, 0.1) is 37.8 Å². The molecule has 9 nitrogen and oxygen atoms in total. The van der Waals surface area contributed by atoms with Gasteiger partial charge in [0.1, 0.15) is 23.9 Å². The summed E-state index contributed by atoms with van der Waals surface area (Å²) in [5, 5.41) is 15.1. The van der Waals surface area contributed by atoms with Gasteiger partial charge in [0.2, 0.25) is 5.88 Å². The summed E-state index contributed by atoms with van der Waals surface area (Å²) >= 11 is 0. The minimum atomic E-state index is -0.705. The SMILES string of the molecule is COCCCN(Cc1c(-c2ccc(F)cc2)noc1N1CCOCC1)CC(O)COCc1ccco1. The third kappa shape index (κ3) is 7.37. The molecule has 0 saturated carbocycles. The van der Waals surface area contributed by atoms with E-state index in [1.54, 1.807) is 31.6 Å². The van der Waals surface area contributed by atoms with E-state index >= 15 is 0 Å². The number of aromatic nitrogens is 1. The van der Waals surface area contributed by atoms with Crippen molar-refractivity contribution >= 4 is 5.88 Å². The van der Waals surface area contributed by atoms with E-state index in [4.69, 9.17) is 23.2 Å². The first-order valence-corrected chi connectivity index (χ1v) is 12.2. The number of nitrogens with zero attached hydrogens (tertiary/aromatic N) is 3. The van der Waals surface area contributed by atoms with Crippen LogP contribution >= 0.6 is 0 Å². The van der Waals surface area contributed by atoms with Crippen LogP contribution in [0.4, 0.5) is 10.3 Å². The third-order valence-corrected chi connectivity index (χ3v) is 5.99. The van der Waals surface area contributed by atoms with E-state index in [9.17, 15) is 9.50 Å². The van der Waals surface area contributed by atoms with Crippen molar-refractivity contribution in [1.29, 1.82) is 0 Å². The Balaban J connectivity index is 1.51. The Morgan fingerprint density at radius 3 is 2.72 bits per heavy atom. The lowest BCUT2D eigenvalue weighted by molar-refractivity contribution is 0.00282. The molecule has 3 aromatic rings. The molecule has 1 aromatic carbocycles. The van der Waals surface area contributed by atoms with Gasteiger partial charge in [-0.05, 0) is 42.8 Å². The van der Waals surface area contributed by atoms with Crippen molar-refractivity contribution in [3.8, 4) is 11.3 Å². The number of furan rings is 1. The number of hydrogen-bond donors (Lipinski definition) is 1. The lowest BCUT2D eigenvalue weighted by Gasteiger charge is -2.29. The smallest absolute Gasteiger partial charge is 0.232 e. The van der Waals surface area contributed by atoms with Crippen LogP contribution < -0.4 is 4.90 Å². The number of aliphatic hydroxyl groups excluding tert-OH is 1. The molecule has 0 spiro atoms. The Kier molecular flexibility index (Phi) is 9.88. The number of benzene rings is 1. The average molecular weight is 504 g/mol. The fourth-order valence-electron chi connectivity index (χ4n) is 4.22. The molecule has 1 fully saturated rings. The van der Waals surface area contributed by atoms with Crippen LogP contribution in [0.25, 0.3) is 11.3 Å². The number of morpholine rings is 1. The highest BCUT2D eigenvalue weighted by atomic mass is 19.1. The fraction of sp³-hybridized carbons (Fsp3) is 0.500. The van der Waals surface area contributed by atoms with Crippen molar-refractivity contribution < 1.29 is 32.6 Å². The summed E-state index contributed by atoms with van der Waals surface area (Å²) < 4.78 is 41.1. The Bertz CT molecular complexity index is 1020. The molecule has 36 heavy (non-hydrogen) atoms. The standard InChI is InChI=1S/C26H34FN3O6/c1-32-12-3-9-29(16-22(31)18-34-19-23-4-2-13-35-23)17-24-25(20-5-7-21(27)8-6-20)28-36-26(24)30-10-14-33-15-11-30/h2,4-8,13,22,31H,3,9-12,14-19H2,1H3. The van der Waals surface area contributed by atoms with Gasteiger partial charge in [-0.3, -0.25) is 4.90 Å². The molecule has 1 saturated heterocycles. The minimum absolute atomic E-state index is 0.173. The number of anilines is 1. The molecule has 1 aliphatic heterocycles. The molecule has 0 aliphatic carbocycles. The highest BCUT2D eigenvalue weighted by Crippen LogP contribution is 2.33. The lowest BCUT2D eigenvalue weighted by Crippen LogP contribution is -2.38. The van der Waals surface area contributed by atoms with Crippen LogP contribution in [0, 0.1) is 5.82 Å². The molecule has 0 amide bonds. The van der Waals surface area contributed by atoms with E-state index in [1.165, 1.54) is 12.1 Å². The third-order valence-electron chi connectivity index (χ3n) is 5.99. The number of ether oxygens (including phenoxy) is 3. The molecular formula is C26H34FN3O6. The Morgan fingerprint density at radius 1 is 1.19 bits per heavy atom. The predicted octanol–water partition coefficient (Wildman–Crippen LogP) is 3.33. The average Bonchev–Trinajstić information content (AvgIpc) is 3.55.